The van der Waals surface area contributed by atoms with Crippen molar-refractivity contribution in [3.05, 3.63) is 78.4 Å². The Labute approximate surface area is 172 Å². The van der Waals surface area contributed by atoms with Gasteiger partial charge in [-0.05, 0) is 49.4 Å². The molecule has 4 nitrogen and oxygen atoms in total. The summed E-state index contributed by atoms with van der Waals surface area (Å²) in [5.74, 6) is -0.249. The van der Waals surface area contributed by atoms with Crippen molar-refractivity contribution in [2.24, 2.45) is 0 Å². The fourth-order valence-corrected chi connectivity index (χ4v) is 4.67. The van der Waals surface area contributed by atoms with Crippen molar-refractivity contribution in [1.29, 1.82) is 0 Å². The number of nitrogens with one attached hydrogen (secondary N) is 2. The summed E-state index contributed by atoms with van der Waals surface area (Å²) in [5, 5.41) is 5.73. The van der Waals surface area contributed by atoms with Crippen LogP contribution in [0.4, 0.5) is 11.4 Å². The molecule has 0 saturated heterocycles. The van der Waals surface area contributed by atoms with E-state index in [4.69, 9.17) is 0 Å². The van der Waals surface area contributed by atoms with Crippen LogP contribution in [0.3, 0.4) is 0 Å². The number of para-hydroxylation sites is 1. The van der Waals surface area contributed by atoms with E-state index in [2.05, 4.69) is 10.6 Å². The summed E-state index contributed by atoms with van der Waals surface area (Å²) in [5.41, 5.74) is 1.95. The number of carbonyl (C=O) groups excluding carboxylic acids is 2. The molecule has 28 heavy (non-hydrogen) atoms. The summed E-state index contributed by atoms with van der Waals surface area (Å²) in [4.78, 5) is 27.8. The zero-order valence-electron chi connectivity index (χ0n) is 15.1. The monoisotopic (exact) mass is 406 g/mol. The van der Waals surface area contributed by atoms with Gasteiger partial charge >= 0.3 is 0 Å². The molecule has 1 aliphatic heterocycles. The van der Waals surface area contributed by atoms with Crippen molar-refractivity contribution in [1.82, 2.24) is 0 Å². The van der Waals surface area contributed by atoms with E-state index in [-0.39, 0.29) is 17.1 Å². The van der Waals surface area contributed by atoms with Crippen molar-refractivity contribution in [2.45, 2.75) is 26.9 Å². The van der Waals surface area contributed by atoms with Crippen LogP contribution in [0, 0.1) is 0 Å². The zero-order chi connectivity index (χ0) is 19.5. The van der Waals surface area contributed by atoms with Crippen LogP contribution >= 0.6 is 23.5 Å². The fourth-order valence-electron chi connectivity index (χ4n) is 2.82. The molecule has 3 aromatic carbocycles. The van der Waals surface area contributed by atoms with Gasteiger partial charge in [-0.2, -0.15) is 0 Å². The first-order valence-corrected chi connectivity index (χ1v) is 10.5. The maximum atomic E-state index is 12.8. The molecule has 2 N–H and O–H groups in total. The average molecular weight is 407 g/mol. The molecule has 0 spiro atoms. The molecule has 3 aromatic rings. The summed E-state index contributed by atoms with van der Waals surface area (Å²) in [7, 11) is 0. The third-order valence-electron chi connectivity index (χ3n) is 4.28. The second kappa shape index (κ2) is 8.12. The van der Waals surface area contributed by atoms with Crippen molar-refractivity contribution >= 4 is 46.7 Å². The zero-order valence-corrected chi connectivity index (χ0v) is 16.8. The summed E-state index contributed by atoms with van der Waals surface area (Å²) < 4.78 is 0. The van der Waals surface area contributed by atoms with Gasteiger partial charge in [0.05, 0.1) is 16.6 Å². The number of anilines is 2. The van der Waals surface area contributed by atoms with Crippen LogP contribution < -0.4 is 10.6 Å². The molecular weight excluding hydrogens is 388 g/mol. The van der Waals surface area contributed by atoms with Gasteiger partial charge in [0.25, 0.3) is 5.91 Å². The number of hydrogen-bond donors (Lipinski definition) is 2. The predicted molar refractivity (Wildman–Crippen MR) is 115 cm³/mol. The number of thioether (sulfide) groups is 1. The Morgan fingerprint density at radius 1 is 1.04 bits per heavy atom. The summed E-state index contributed by atoms with van der Waals surface area (Å²) in [6.07, 6.45) is 0. The smallest absolute Gasteiger partial charge is 0.255 e. The lowest BCUT2D eigenvalue weighted by molar-refractivity contribution is -0.115. The van der Waals surface area contributed by atoms with Crippen LogP contribution in [0.2, 0.25) is 0 Å². The summed E-state index contributed by atoms with van der Waals surface area (Å²) in [6, 6.07) is 23.2. The minimum Gasteiger partial charge on any atom is -0.324 e. The molecule has 0 aromatic heterocycles. The van der Waals surface area contributed by atoms with Crippen molar-refractivity contribution < 1.29 is 9.59 Å². The van der Waals surface area contributed by atoms with E-state index in [9.17, 15) is 9.59 Å². The number of amides is 2. The maximum absolute atomic E-state index is 12.8. The predicted octanol–water partition coefficient (Wildman–Crippen LogP) is 5.52. The molecule has 4 rings (SSSR count). The number of hydrogen-bond acceptors (Lipinski definition) is 4. The standard InChI is InChI=1S/C22H18N2O2S2/c1-14-21(25)24-18-13-15(11-12-20(18)27-14)22(26)23-17-9-5-6-10-19(17)28-16-7-3-2-4-8-16/h2-14H,1H3,(H,23,26)(H,24,25). The van der Waals surface area contributed by atoms with E-state index in [0.717, 1.165) is 20.4 Å². The third-order valence-corrected chi connectivity index (χ3v) is 6.54. The first-order valence-electron chi connectivity index (χ1n) is 8.85. The molecular formula is C22H18N2O2S2. The molecule has 0 radical (unpaired) electrons. The van der Waals surface area contributed by atoms with Gasteiger partial charge in [-0.25, -0.2) is 0 Å². The molecule has 1 heterocycles. The lowest BCUT2D eigenvalue weighted by Gasteiger charge is -2.21. The Hall–Kier alpha value is -2.70. The van der Waals surface area contributed by atoms with Crippen LogP contribution in [-0.4, -0.2) is 17.1 Å². The average Bonchev–Trinajstić information content (AvgIpc) is 2.71. The second-order valence-corrected chi connectivity index (χ2v) is 8.82. The highest BCUT2D eigenvalue weighted by Crippen LogP contribution is 2.37. The molecule has 0 fully saturated rings. The lowest BCUT2D eigenvalue weighted by atomic mass is 10.1. The molecule has 2 amide bonds. The van der Waals surface area contributed by atoms with E-state index in [1.165, 1.54) is 11.8 Å². The van der Waals surface area contributed by atoms with Gasteiger partial charge in [-0.3, -0.25) is 9.59 Å². The van der Waals surface area contributed by atoms with Gasteiger partial charge in [0.2, 0.25) is 5.91 Å². The number of benzene rings is 3. The van der Waals surface area contributed by atoms with E-state index in [1.54, 1.807) is 23.9 Å². The minimum absolute atomic E-state index is 0.0420. The molecule has 0 aliphatic carbocycles. The SMILES string of the molecule is CC1Sc2ccc(C(=O)Nc3ccccc3Sc3ccccc3)cc2NC1=O. The largest absolute Gasteiger partial charge is 0.324 e. The first kappa shape index (κ1) is 18.7. The van der Waals surface area contributed by atoms with Crippen molar-refractivity contribution in [3.8, 4) is 0 Å². The quantitative estimate of drug-likeness (QED) is 0.599. The molecule has 1 aliphatic rings. The Bertz CT molecular complexity index is 1040. The Morgan fingerprint density at radius 3 is 2.61 bits per heavy atom. The topological polar surface area (TPSA) is 58.2 Å². The number of fused-ring (bicyclic) bond motifs is 1. The highest BCUT2D eigenvalue weighted by Gasteiger charge is 2.23. The van der Waals surface area contributed by atoms with Gasteiger partial charge < -0.3 is 10.6 Å². The van der Waals surface area contributed by atoms with Gasteiger partial charge in [0.1, 0.15) is 0 Å². The van der Waals surface area contributed by atoms with E-state index >= 15 is 0 Å². The molecule has 1 unspecified atom stereocenters. The van der Waals surface area contributed by atoms with Gasteiger partial charge in [0.15, 0.2) is 0 Å². The lowest BCUT2D eigenvalue weighted by Crippen LogP contribution is -2.26. The van der Waals surface area contributed by atoms with E-state index in [0.29, 0.717) is 11.3 Å². The van der Waals surface area contributed by atoms with Crippen LogP contribution in [0.15, 0.2) is 87.5 Å². The van der Waals surface area contributed by atoms with Gasteiger partial charge in [-0.1, -0.05) is 42.1 Å². The second-order valence-electron chi connectivity index (χ2n) is 6.33. The van der Waals surface area contributed by atoms with Crippen LogP contribution in [-0.2, 0) is 4.79 Å². The molecule has 1 atom stereocenters. The summed E-state index contributed by atoms with van der Waals surface area (Å²) in [6.45, 7) is 1.87. The van der Waals surface area contributed by atoms with Gasteiger partial charge in [-0.15, -0.1) is 11.8 Å². The minimum atomic E-state index is -0.207. The van der Waals surface area contributed by atoms with Crippen LogP contribution in [0.1, 0.15) is 17.3 Å². The fraction of sp³-hybridized carbons (Fsp3) is 0.0909. The summed E-state index contributed by atoms with van der Waals surface area (Å²) >= 11 is 3.10. The van der Waals surface area contributed by atoms with Crippen LogP contribution in [0.5, 0.6) is 0 Å². The molecule has 0 saturated carbocycles. The van der Waals surface area contributed by atoms with Crippen molar-refractivity contribution in [3.63, 3.8) is 0 Å². The number of rotatable bonds is 4. The maximum Gasteiger partial charge on any atom is 0.255 e. The van der Waals surface area contributed by atoms with E-state index in [1.807, 2.05) is 67.6 Å². The van der Waals surface area contributed by atoms with Gasteiger partial charge in [0, 0.05) is 20.2 Å². The van der Waals surface area contributed by atoms with Crippen LogP contribution in [0.25, 0.3) is 0 Å². The third kappa shape index (κ3) is 4.08. The normalized spacial score (nSPS) is 15.5. The Balaban J connectivity index is 1.55. The van der Waals surface area contributed by atoms with E-state index < -0.39 is 0 Å². The Morgan fingerprint density at radius 2 is 1.79 bits per heavy atom. The highest BCUT2D eigenvalue weighted by atomic mass is 32.2. The molecule has 140 valence electrons. The molecule has 6 heteroatoms. The highest BCUT2D eigenvalue weighted by molar-refractivity contribution is 8.01. The Kier molecular flexibility index (Phi) is 5.41. The van der Waals surface area contributed by atoms with Crippen molar-refractivity contribution in [2.75, 3.05) is 10.6 Å². The first-order chi connectivity index (χ1) is 13.6. The number of carbonyl (C=O) groups is 2. The molecule has 0 bridgehead atoms.